The molecule has 3 heterocycles. The van der Waals surface area contributed by atoms with Crippen LogP contribution in [0.15, 0.2) is 36.4 Å². The largest absolute Gasteiger partial charge is 0.362 e. The number of amides is 2. The van der Waals surface area contributed by atoms with Crippen molar-refractivity contribution in [2.45, 2.75) is 18.6 Å². The summed E-state index contributed by atoms with van der Waals surface area (Å²) < 4.78 is 18.7. The first-order chi connectivity index (χ1) is 9.51. The molecule has 0 unspecified atom stereocenters. The van der Waals surface area contributed by atoms with Gasteiger partial charge in [-0.15, -0.1) is 0 Å². The number of halogens is 1. The molecule has 0 aliphatic carbocycles. The number of hydrogen-bond donors (Lipinski definition) is 0. The molecule has 2 fully saturated rings. The van der Waals surface area contributed by atoms with Gasteiger partial charge < -0.3 is 4.74 Å². The summed E-state index contributed by atoms with van der Waals surface area (Å²) in [5.74, 6) is -1.85. The van der Waals surface area contributed by atoms with Crippen molar-refractivity contribution < 1.29 is 18.7 Å². The second-order valence-electron chi connectivity index (χ2n) is 5.62. The van der Waals surface area contributed by atoms with Gasteiger partial charge in [-0.05, 0) is 31.2 Å². The SMILES string of the molecule is C[C@]12C=C[C@@H](O1)[C@@H]1C(=O)N(c3ccc(F)cc3)C(=O)[C@@H]12. The van der Waals surface area contributed by atoms with E-state index >= 15 is 0 Å². The molecule has 0 spiro atoms. The van der Waals surface area contributed by atoms with Crippen LogP contribution in [0.1, 0.15) is 6.92 Å². The number of imide groups is 1. The highest BCUT2D eigenvalue weighted by Crippen LogP contribution is 2.52. The number of anilines is 1. The minimum Gasteiger partial charge on any atom is -0.362 e. The van der Waals surface area contributed by atoms with Crippen LogP contribution in [-0.4, -0.2) is 23.5 Å². The van der Waals surface area contributed by atoms with Crippen LogP contribution in [-0.2, 0) is 14.3 Å². The summed E-state index contributed by atoms with van der Waals surface area (Å²) in [4.78, 5) is 26.2. The van der Waals surface area contributed by atoms with E-state index < -0.39 is 23.3 Å². The fourth-order valence-corrected chi connectivity index (χ4v) is 3.50. The zero-order chi connectivity index (χ0) is 14.1. The first-order valence-electron chi connectivity index (χ1n) is 6.52. The molecular weight excluding hydrogens is 261 g/mol. The first-order valence-corrected chi connectivity index (χ1v) is 6.52. The number of carbonyl (C=O) groups is 2. The lowest BCUT2D eigenvalue weighted by atomic mass is 9.78. The topological polar surface area (TPSA) is 46.6 Å². The Morgan fingerprint density at radius 1 is 1.20 bits per heavy atom. The summed E-state index contributed by atoms with van der Waals surface area (Å²) in [5.41, 5.74) is -0.282. The molecule has 0 aromatic heterocycles. The van der Waals surface area contributed by atoms with Gasteiger partial charge in [-0.3, -0.25) is 9.59 Å². The molecule has 4 nitrogen and oxygen atoms in total. The van der Waals surface area contributed by atoms with Crippen LogP contribution in [0.25, 0.3) is 0 Å². The average molecular weight is 273 g/mol. The van der Waals surface area contributed by atoms with Gasteiger partial charge in [0.15, 0.2) is 0 Å². The van der Waals surface area contributed by atoms with E-state index in [2.05, 4.69) is 0 Å². The van der Waals surface area contributed by atoms with Crippen molar-refractivity contribution in [1.29, 1.82) is 0 Å². The average Bonchev–Trinajstić information content (AvgIpc) is 3.01. The molecule has 2 bridgehead atoms. The van der Waals surface area contributed by atoms with E-state index in [0.29, 0.717) is 5.69 Å². The molecule has 3 aliphatic heterocycles. The molecule has 1 aromatic rings. The van der Waals surface area contributed by atoms with Crippen LogP contribution in [0.2, 0.25) is 0 Å². The van der Waals surface area contributed by atoms with Gasteiger partial charge in [0.05, 0.1) is 29.2 Å². The third-order valence-electron chi connectivity index (χ3n) is 4.41. The van der Waals surface area contributed by atoms with E-state index in [0.717, 1.165) is 4.90 Å². The summed E-state index contributed by atoms with van der Waals surface area (Å²) in [5, 5.41) is 0. The third-order valence-corrected chi connectivity index (χ3v) is 4.41. The molecule has 0 N–H and O–H groups in total. The molecule has 1 aromatic carbocycles. The standard InChI is InChI=1S/C15H12FNO3/c1-15-7-6-10(20-15)11-12(15)14(19)17(13(11)18)9-4-2-8(16)3-5-9/h2-7,10-12H,1H3/t10-,11+,12-,15-/m1/s1. The number of hydrogen-bond acceptors (Lipinski definition) is 3. The molecule has 4 atom stereocenters. The highest BCUT2D eigenvalue weighted by molar-refractivity contribution is 6.23. The lowest BCUT2D eigenvalue weighted by Crippen LogP contribution is -2.38. The zero-order valence-electron chi connectivity index (χ0n) is 10.7. The molecular formula is C15H12FNO3. The van der Waals surface area contributed by atoms with Crippen molar-refractivity contribution >= 4 is 17.5 Å². The molecule has 4 rings (SSSR count). The Bertz CT molecular complexity index is 654. The van der Waals surface area contributed by atoms with Crippen molar-refractivity contribution in [3.05, 3.63) is 42.2 Å². The highest BCUT2D eigenvalue weighted by atomic mass is 19.1. The molecule has 2 amide bonds. The maximum absolute atomic E-state index is 13.0. The third kappa shape index (κ3) is 1.28. The maximum atomic E-state index is 13.0. The Morgan fingerprint density at radius 3 is 2.55 bits per heavy atom. The normalized spacial score (nSPS) is 37.9. The van der Waals surface area contributed by atoms with Gasteiger partial charge in [-0.2, -0.15) is 0 Å². The van der Waals surface area contributed by atoms with Gasteiger partial charge in [-0.1, -0.05) is 12.2 Å². The number of nitrogens with zero attached hydrogens (tertiary/aromatic N) is 1. The smallest absolute Gasteiger partial charge is 0.241 e. The summed E-state index contributed by atoms with van der Waals surface area (Å²) in [6.45, 7) is 1.83. The summed E-state index contributed by atoms with van der Waals surface area (Å²) >= 11 is 0. The predicted molar refractivity (Wildman–Crippen MR) is 68.3 cm³/mol. The Kier molecular flexibility index (Phi) is 2.09. The molecule has 20 heavy (non-hydrogen) atoms. The number of rotatable bonds is 1. The number of fused-ring (bicyclic) bond motifs is 5. The van der Waals surface area contributed by atoms with E-state index in [1.54, 1.807) is 0 Å². The summed E-state index contributed by atoms with van der Waals surface area (Å²) in [7, 11) is 0. The Labute approximate surface area is 114 Å². The predicted octanol–water partition coefficient (Wildman–Crippen LogP) is 1.66. The van der Waals surface area contributed by atoms with E-state index in [4.69, 9.17) is 4.74 Å². The molecule has 2 saturated heterocycles. The van der Waals surface area contributed by atoms with Crippen molar-refractivity contribution in [1.82, 2.24) is 0 Å². The van der Waals surface area contributed by atoms with E-state index in [1.807, 2.05) is 19.1 Å². The Morgan fingerprint density at radius 2 is 1.90 bits per heavy atom. The van der Waals surface area contributed by atoms with Gasteiger partial charge in [0.2, 0.25) is 11.8 Å². The van der Waals surface area contributed by atoms with E-state index in [1.165, 1.54) is 24.3 Å². The van der Waals surface area contributed by atoms with Gasteiger partial charge in [0.1, 0.15) is 5.82 Å². The molecule has 5 heteroatoms. The van der Waals surface area contributed by atoms with E-state index in [-0.39, 0.29) is 17.9 Å². The quantitative estimate of drug-likeness (QED) is 0.577. The number of carbonyl (C=O) groups excluding carboxylic acids is 2. The second kappa shape index (κ2) is 3.55. The van der Waals surface area contributed by atoms with Crippen LogP contribution >= 0.6 is 0 Å². The van der Waals surface area contributed by atoms with Crippen molar-refractivity contribution in [2.24, 2.45) is 11.8 Å². The van der Waals surface area contributed by atoms with Gasteiger partial charge in [-0.25, -0.2) is 9.29 Å². The van der Waals surface area contributed by atoms with Crippen LogP contribution in [0.3, 0.4) is 0 Å². The highest BCUT2D eigenvalue weighted by Gasteiger charge is 2.65. The lowest BCUT2D eigenvalue weighted by molar-refractivity contribution is -0.126. The van der Waals surface area contributed by atoms with Gasteiger partial charge in [0, 0.05) is 0 Å². The fourth-order valence-electron chi connectivity index (χ4n) is 3.50. The molecule has 3 aliphatic rings. The van der Waals surface area contributed by atoms with Crippen LogP contribution in [0.4, 0.5) is 10.1 Å². The zero-order valence-corrected chi connectivity index (χ0v) is 10.7. The molecule has 102 valence electrons. The fraction of sp³-hybridized carbons (Fsp3) is 0.333. The minimum absolute atomic E-state index is 0.260. The van der Waals surface area contributed by atoms with E-state index in [9.17, 15) is 14.0 Å². The van der Waals surface area contributed by atoms with Crippen molar-refractivity contribution in [3.8, 4) is 0 Å². The Balaban J connectivity index is 1.77. The lowest BCUT2D eigenvalue weighted by Gasteiger charge is -2.24. The molecule has 0 saturated carbocycles. The molecule has 0 radical (unpaired) electrons. The van der Waals surface area contributed by atoms with Crippen LogP contribution in [0, 0.1) is 17.7 Å². The monoisotopic (exact) mass is 273 g/mol. The Hall–Kier alpha value is -2.01. The van der Waals surface area contributed by atoms with Crippen molar-refractivity contribution in [3.63, 3.8) is 0 Å². The van der Waals surface area contributed by atoms with Crippen molar-refractivity contribution in [2.75, 3.05) is 4.90 Å². The van der Waals surface area contributed by atoms with Crippen LogP contribution < -0.4 is 4.90 Å². The maximum Gasteiger partial charge on any atom is 0.241 e. The minimum atomic E-state index is -0.698. The van der Waals surface area contributed by atoms with Gasteiger partial charge in [0.25, 0.3) is 0 Å². The first kappa shape index (κ1) is 11.8. The van der Waals surface area contributed by atoms with Crippen LogP contribution in [0.5, 0.6) is 0 Å². The summed E-state index contributed by atoms with van der Waals surface area (Å²) in [6.07, 6.45) is 3.38. The number of benzene rings is 1. The second-order valence-corrected chi connectivity index (χ2v) is 5.62. The summed E-state index contributed by atoms with van der Waals surface area (Å²) in [6, 6.07) is 5.39. The number of ether oxygens (including phenoxy) is 1. The van der Waals surface area contributed by atoms with Gasteiger partial charge >= 0.3 is 0 Å².